The summed E-state index contributed by atoms with van der Waals surface area (Å²) in [7, 11) is 0. The Morgan fingerprint density at radius 3 is 2.56 bits per heavy atom. The molecule has 5 unspecified atom stereocenters. The Kier molecular flexibility index (Phi) is 8.03. The zero-order chi connectivity index (χ0) is 26.0. The van der Waals surface area contributed by atoms with Crippen molar-refractivity contribution >= 4 is 23.9 Å². The van der Waals surface area contributed by atoms with Gasteiger partial charge in [-0.15, -0.1) is 0 Å². The van der Waals surface area contributed by atoms with E-state index in [9.17, 15) is 14.4 Å². The van der Waals surface area contributed by atoms with Crippen LogP contribution in [0.2, 0.25) is 0 Å². The van der Waals surface area contributed by atoms with Crippen LogP contribution in [-0.2, 0) is 16.1 Å². The highest BCUT2D eigenvalue weighted by Gasteiger charge is 2.55. The normalized spacial score (nSPS) is 26.6. The van der Waals surface area contributed by atoms with Gasteiger partial charge in [0.05, 0.1) is 12.5 Å². The van der Waals surface area contributed by atoms with Crippen molar-refractivity contribution in [2.45, 2.75) is 84.7 Å². The van der Waals surface area contributed by atoms with E-state index in [4.69, 9.17) is 0 Å². The molecule has 2 saturated heterocycles. The highest BCUT2D eigenvalue weighted by Crippen LogP contribution is 2.40. The maximum atomic E-state index is 13.7. The van der Waals surface area contributed by atoms with Gasteiger partial charge in [0, 0.05) is 24.5 Å². The highest BCUT2D eigenvalue weighted by molar-refractivity contribution is 5.87. The third-order valence-corrected chi connectivity index (χ3v) is 7.93. The first-order valence-corrected chi connectivity index (χ1v) is 13.4. The van der Waals surface area contributed by atoms with Gasteiger partial charge in [0.2, 0.25) is 11.8 Å². The average Bonchev–Trinajstić information content (AvgIpc) is 3.19. The van der Waals surface area contributed by atoms with Gasteiger partial charge >= 0.3 is 6.03 Å². The van der Waals surface area contributed by atoms with Gasteiger partial charge in [-0.25, -0.2) is 4.79 Å². The highest BCUT2D eigenvalue weighted by atomic mass is 16.2. The molecule has 3 fully saturated rings. The molecule has 8 heteroatoms. The first kappa shape index (κ1) is 26.2. The Labute approximate surface area is 215 Å². The molecule has 4 rings (SSSR count). The summed E-state index contributed by atoms with van der Waals surface area (Å²) in [4.78, 5) is 44.1. The summed E-state index contributed by atoms with van der Waals surface area (Å²) in [6, 6.07) is 7.63. The first-order chi connectivity index (χ1) is 17.2. The molecule has 3 aliphatic rings. The second-order valence-corrected chi connectivity index (χ2v) is 10.9. The SMILES string of the molecule is C=Cc1ccc(CN2NC3N(CCC(C)C)C(=O)C4CCC(C(=O)NC(C)CC)CC4N3C2=O)cc1. The van der Waals surface area contributed by atoms with Crippen LogP contribution in [0.4, 0.5) is 4.79 Å². The molecule has 0 spiro atoms. The van der Waals surface area contributed by atoms with E-state index in [0.29, 0.717) is 38.3 Å². The molecule has 2 heterocycles. The van der Waals surface area contributed by atoms with Crippen molar-refractivity contribution in [1.82, 2.24) is 25.6 Å². The van der Waals surface area contributed by atoms with Crippen molar-refractivity contribution < 1.29 is 14.4 Å². The van der Waals surface area contributed by atoms with Gasteiger partial charge in [-0.3, -0.25) is 19.5 Å². The average molecular weight is 496 g/mol. The van der Waals surface area contributed by atoms with Gasteiger partial charge in [0.25, 0.3) is 0 Å². The molecule has 1 aliphatic carbocycles. The van der Waals surface area contributed by atoms with E-state index < -0.39 is 6.29 Å². The molecule has 1 aromatic carbocycles. The molecule has 196 valence electrons. The van der Waals surface area contributed by atoms with E-state index in [2.05, 4.69) is 31.2 Å². The molecule has 0 radical (unpaired) electrons. The quantitative estimate of drug-likeness (QED) is 0.543. The number of fused-ring (bicyclic) bond motifs is 3. The number of carbonyl (C=O) groups excluding carboxylic acids is 3. The van der Waals surface area contributed by atoms with E-state index in [-0.39, 0.29) is 41.8 Å². The molecule has 1 aromatic rings. The molecule has 2 aliphatic heterocycles. The van der Waals surface area contributed by atoms with Crippen molar-refractivity contribution in [2.75, 3.05) is 6.54 Å². The largest absolute Gasteiger partial charge is 0.353 e. The molecule has 4 amide bonds. The fourth-order valence-corrected chi connectivity index (χ4v) is 5.51. The Morgan fingerprint density at radius 2 is 1.92 bits per heavy atom. The number of carbonyl (C=O) groups is 3. The van der Waals surface area contributed by atoms with Gasteiger partial charge in [-0.05, 0) is 56.1 Å². The fraction of sp³-hybridized carbons (Fsp3) is 0.607. The van der Waals surface area contributed by atoms with Gasteiger partial charge < -0.3 is 10.2 Å². The zero-order valence-electron chi connectivity index (χ0n) is 22.1. The lowest BCUT2D eigenvalue weighted by Gasteiger charge is -2.50. The number of hydrazine groups is 1. The predicted molar refractivity (Wildman–Crippen MR) is 140 cm³/mol. The van der Waals surface area contributed by atoms with Crippen LogP contribution < -0.4 is 10.7 Å². The maximum Gasteiger partial charge on any atom is 0.337 e. The van der Waals surface area contributed by atoms with E-state index >= 15 is 0 Å². The number of nitrogens with one attached hydrogen (secondary N) is 2. The van der Waals surface area contributed by atoms with Crippen molar-refractivity contribution in [1.29, 1.82) is 0 Å². The Hall–Kier alpha value is -2.87. The summed E-state index contributed by atoms with van der Waals surface area (Å²) in [5.74, 6) is 0.122. The zero-order valence-corrected chi connectivity index (χ0v) is 22.1. The maximum absolute atomic E-state index is 13.7. The minimum atomic E-state index is -0.520. The third kappa shape index (κ3) is 5.28. The number of hydrogen-bond acceptors (Lipinski definition) is 4. The molecule has 0 aromatic heterocycles. The van der Waals surface area contributed by atoms with Gasteiger partial charge in [-0.1, -0.05) is 57.7 Å². The summed E-state index contributed by atoms with van der Waals surface area (Å²) < 4.78 is 0. The van der Waals surface area contributed by atoms with E-state index in [1.54, 1.807) is 11.1 Å². The van der Waals surface area contributed by atoms with Crippen molar-refractivity contribution in [3.05, 3.63) is 42.0 Å². The number of rotatable bonds is 9. The lowest BCUT2D eigenvalue weighted by Crippen LogP contribution is -2.67. The van der Waals surface area contributed by atoms with E-state index in [0.717, 1.165) is 24.0 Å². The molecule has 2 N–H and O–H groups in total. The molecular formula is C28H41N5O3. The number of amides is 4. The second-order valence-electron chi connectivity index (χ2n) is 10.9. The topological polar surface area (TPSA) is 85.0 Å². The Balaban J connectivity index is 1.57. The standard InChI is InChI=1S/C28H41N5O3/c1-6-19(5)29-25(34)22-12-13-23-24(16-22)33-27(31(26(23)35)15-14-18(3)4)30-32(28(33)36)17-21-10-8-20(7-2)9-11-21/h7-11,18-19,22-24,27,30H,2,6,12-17H2,1,3-5H3,(H,29,34). The summed E-state index contributed by atoms with van der Waals surface area (Å²) in [5, 5.41) is 4.72. The first-order valence-electron chi connectivity index (χ1n) is 13.4. The van der Waals surface area contributed by atoms with Crippen LogP contribution in [0.5, 0.6) is 0 Å². The fourth-order valence-electron chi connectivity index (χ4n) is 5.51. The van der Waals surface area contributed by atoms with Gasteiger partial charge in [0.15, 0.2) is 6.29 Å². The number of benzene rings is 1. The lowest BCUT2D eigenvalue weighted by molar-refractivity contribution is -0.159. The van der Waals surface area contributed by atoms with Crippen LogP contribution in [0.25, 0.3) is 6.08 Å². The number of nitrogens with zero attached hydrogens (tertiary/aromatic N) is 3. The molecule has 1 saturated carbocycles. The van der Waals surface area contributed by atoms with Crippen LogP contribution in [-0.4, -0.2) is 57.6 Å². The van der Waals surface area contributed by atoms with Crippen LogP contribution in [0, 0.1) is 17.8 Å². The molecule has 5 atom stereocenters. The molecule has 0 bridgehead atoms. The summed E-state index contributed by atoms with van der Waals surface area (Å²) >= 11 is 0. The number of hydrogen-bond donors (Lipinski definition) is 2. The van der Waals surface area contributed by atoms with Crippen LogP contribution in [0.1, 0.15) is 70.9 Å². The van der Waals surface area contributed by atoms with Crippen molar-refractivity contribution in [2.24, 2.45) is 17.8 Å². The number of urea groups is 1. The van der Waals surface area contributed by atoms with Crippen LogP contribution >= 0.6 is 0 Å². The summed E-state index contributed by atoms with van der Waals surface area (Å²) in [6.07, 6.45) is 4.82. The molecule has 36 heavy (non-hydrogen) atoms. The van der Waals surface area contributed by atoms with E-state index in [1.807, 2.05) is 47.9 Å². The van der Waals surface area contributed by atoms with Crippen molar-refractivity contribution in [3.8, 4) is 0 Å². The van der Waals surface area contributed by atoms with Crippen molar-refractivity contribution in [3.63, 3.8) is 0 Å². The molecule has 8 nitrogen and oxygen atoms in total. The third-order valence-electron chi connectivity index (χ3n) is 7.93. The van der Waals surface area contributed by atoms with Gasteiger partial charge in [-0.2, -0.15) is 5.43 Å². The summed E-state index contributed by atoms with van der Waals surface area (Å²) in [6.45, 7) is 13.1. The smallest absolute Gasteiger partial charge is 0.337 e. The summed E-state index contributed by atoms with van der Waals surface area (Å²) in [5.41, 5.74) is 5.35. The lowest BCUT2D eigenvalue weighted by atomic mass is 9.75. The minimum Gasteiger partial charge on any atom is -0.353 e. The van der Waals surface area contributed by atoms with Crippen LogP contribution in [0.15, 0.2) is 30.8 Å². The van der Waals surface area contributed by atoms with E-state index in [1.165, 1.54) is 0 Å². The molecular weight excluding hydrogens is 454 g/mol. The Bertz CT molecular complexity index is 978. The minimum absolute atomic E-state index is 0.0350. The monoisotopic (exact) mass is 495 g/mol. The predicted octanol–water partition coefficient (Wildman–Crippen LogP) is 3.94. The van der Waals surface area contributed by atoms with Gasteiger partial charge in [0.1, 0.15) is 0 Å². The van der Waals surface area contributed by atoms with Crippen LogP contribution in [0.3, 0.4) is 0 Å². The Morgan fingerprint density at radius 1 is 1.19 bits per heavy atom. The second kappa shape index (κ2) is 11.0.